The lowest BCUT2D eigenvalue weighted by Crippen LogP contribution is -1.99. The highest BCUT2D eigenvalue weighted by Gasteiger charge is 2.28. The predicted molar refractivity (Wildman–Crippen MR) is 83.6 cm³/mol. The molecule has 0 saturated heterocycles. The first kappa shape index (κ1) is 11.2. The Morgan fingerprint density at radius 2 is 1.71 bits per heavy atom. The van der Waals surface area contributed by atoms with Crippen LogP contribution in [0.25, 0.3) is 33.3 Å². The fourth-order valence-corrected chi connectivity index (χ4v) is 3.52. The number of aryl methyl sites for hydroxylation is 3. The Labute approximate surface area is 122 Å². The van der Waals surface area contributed by atoms with Gasteiger partial charge in [0.2, 0.25) is 0 Å². The van der Waals surface area contributed by atoms with Gasteiger partial charge in [0.15, 0.2) is 0 Å². The lowest BCUT2D eigenvalue weighted by molar-refractivity contribution is 0.535. The molecule has 1 aliphatic carbocycles. The summed E-state index contributed by atoms with van der Waals surface area (Å²) in [5.74, 6) is 2.06. The van der Waals surface area contributed by atoms with E-state index in [-0.39, 0.29) is 0 Å². The highest BCUT2D eigenvalue weighted by molar-refractivity contribution is 6.00. The molecule has 2 aromatic heterocycles. The maximum Gasteiger partial charge on any atom is 0.142 e. The van der Waals surface area contributed by atoms with Gasteiger partial charge in [-0.1, -0.05) is 36.4 Å². The molecule has 0 aliphatic heterocycles. The number of hydrogen-bond donors (Lipinski definition) is 0. The van der Waals surface area contributed by atoms with Crippen LogP contribution in [0.5, 0.6) is 0 Å². The summed E-state index contributed by atoms with van der Waals surface area (Å²) in [6.45, 7) is 2.09. The van der Waals surface area contributed by atoms with Crippen LogP contribution in [-0.4, -0.2) is 0 Å². The van der Waals surface area contributed by atoms with Gasteiger partial charge in [-0.25, -0.2) is 0 Å². The normalized spacial score (nSPS) is 13.6. The van der Waals surface area contributed by atoms with Crippen molar-refractivity contribution in [2.75, 3.05) is 0 Å². The molecule has 0 unspecified atom stereocenters. The van der Waals surface area contributed by atoms with E-state index in [0.29, 0.717) is 0 Å². The summed E-state index contributed by atoms with van der Waals surface area (Å²) in [6, 6.07) is 14.6. The Morgan fingerprint density at radius 1 is 0.857 bits per heavy atom. The van der Waals surface area contributed by atoms with Crippen molar-refractivity contribution in [3.05, 3.63) is 59.4 Å². The van der Waals surface area contributed by atoms with Gasteiger partial charge in [-0.3, -0.25) is 0 Å². The second kappa shape index (κ2) is 3.79. The molecular weight excluding hydrogens is 260 g/mol. The van der Waals surface area contributed by atoms with E-state index in [2.05, 4.69) is 37.3 Å². The van der Waals surface area contributed by atoms with Crippen LogP contribution in [0, 0.1) is 6.92 Å². The summed E-state index contributed by atoms with van der Waals surface area (Å²) in [5.41, 5.74) is 5.63. The molecule has 2 nitrogen and oxygen atoms in total. The molecular formula is C19H14O2. The molecule has 1 aliphatic rings. The molecule has 102 valence electrons. The van der Waals surface area contributed by atoms with Crippen molar-refractivity contribution in [2.24, 2.45) is 0 Å². The predicted octanol–water partition coefficient (Wildman–Crippen LogP) is 5.25. The number of rotatable bonds is 0. The molecule has 0 spiro atoms. The van der Waals surface area contributed by atoms with Crippen LogP contribution < -0.4 is 0 Å². The second-order valence-corrected chi connectivity index (χ2v) is 5.76. The van der Waals surface area contributed by atoms with Gasteiger partial charge in [0, 0.05) is 22.8 Å². The SMILES string of the molecule is Cc1cccc2c3c(oc12)CCc1c-3oc2ccccc12. The minimum atomic E-state index is 0.944. The number of benzene rings is 2. The number of fused-ring (bicyclic) bond motifs is 7. The maximum atomic E-state index is 6.16. The lowest BCUT2D eigenvalue weighted by Gasteiger charge is -2.09. The summed E-state index contributed by atoms with van der Waals surface area (Å²) < 4.78 is 12.3. The largest absolute Gasteiger partial charge is 0.460 e. The number of hydrogen-bond acceptors (Lipinski definition) is 2. The van der Waals surface area contributed by atoms with Crippen molar-refractivity contribution in [1.82, 2.24) is 0 Å². The van der Waals surface area contributed by atoms with E-state index >= 15 is 0 Å². The minimum absolute atomic E-state index is 0.944. The molecule has 0 amide bonds. The lowest BCUT2D eigenvalue weighted by atomic mass is 9.92. The van der Waals surface area contributed by atoms with Gasteiger partial charge < -0.3 is 8.83 Å². The van der Waals surface area contributed by atoms with Crippen LogP contribution in [0.1, 0.15) is 16.9 Å². The van der Waals surface area contributed by atoms with Gasteiger partial charge in [0.05, 0.1) is 5.56 Å². The standard InChI is InChI=1S/C19H14O2/c1-11-5-4-7-14-17-16(21-18(11)14)10-9-13-12-6-2-3-8-15(12)20-19(13)17/h2-8H,9-10H2,1H3. The molecule has 2 heteroatoms. The minimum Gasteiger partial charge on any atom is -0.460 e. The molecule has 2 aromatic carbocycles. The zero-order valence-electron chi connectivity index (χ0n) is 11.8. The fourth-order valence-electron chi connectivity index (χ4n) is 3.52. The zero-order valence-corrected chi connectivity index (χ0v) is 11.8. The van der Waals surface area contributed by atoms with Gasteiger partial charge in [-0.15, -0.1) is 0 Å². The first-order chi connectivity index (χ1) is 10.3. The summed E-state index contributed by atoms with van der Waals surface area (Å²) in [4.78, 5) is 0. The van der Waals surface area contributed by atoms with Crippen LogP contribution in [0.15, 0.2) is 51.3 Å². The summed E-state index contributed by atoms with van der Waals surface area (Å²) in [7, 11) is 0. The van der Waals surface area contributed by atoms with Crippen molar-refractivity contribution in [3.8, 4) is 11.3 Å². The molecule has 2 heterocycles. The van der Waals surface area contributed by atoms with E-state index in [1.165, 1.54) is 21.9 Å². The number of furan rings is 2. The van der Waals surface area contributed by atoms with E-state index in [4.69, 9.17) is 8.83 Å². The third-order valence-electron chi connectivity index (χ3n) is 4.51. The van der Waals surface area contributed by atoms with Crippen molar-refractivity contribution >= 4 is 21.9 Å². The molecule has 0 fully saturated rings. The van der Waals surface area contributed by atoms with E-state index in [9.17, 15) is 0 Å². The zero-order chi connectivity index (χ0) is 14.0. The van der Waals surface area contributed by atoms with Crippen molar-refractivity contribution in [1.29, 1.82) is 0 Å². The molecule has 5 rings (SSSR count). The Morgan fingerprint density at radius 3 is 2.67 bits per heavy atom. The Bertz CT molecular complexity index is 1000. The third kappa shape index (κ3) is 1.37. The average molecular weight is 274 g/mol. The van der Waals surface area contributed by atoms with E-state index in [1.54, 1.807) is 0 Å². The highest BCUT2D eigenvalue weighted by Crippen LogP contribution is 2.45. The summed E-state index contributed by atoms with van der Waals surface area (Å²) in [5, 5.41) is 2.41. The van der Waals surface area contributed by atoms with E-state index < -0.39 is 0 Å². The Kier molecular flexibility index (Phi) is 2.02. The molecule has 0 saturated carbocycles. The third-order valence-corrected chi connectivity index (χ3v) is 4.51. The topological polar surface area (TPSA) is 26.3 Å². The first-order valence-electron chi connectivity index (χ1n) is 7.34. The quantitative estimate of drug-likeness (QED) is 0.437. The van der Waals surface area contributed by atoms with Crippen LogP contribution in [0.4, 0.5) is 0 Å². The van der Waals surface area contributed by atoms with Crippen LogP contribution in [-0.2, 0) is 12.8 Å². The van der Waals surface area contributed by atoms with Gasteiger partial charge in [-0.2, -0.15) is 0 Å². The highest BCUT2D eigenvalue weighted by atomic mass is 16.4. The molecule has 0 atom stereocenters. The first-order valence-corrected chi connectivity index (χ1v) is 7.34. The second-order valence-electron chi connectivity index (χ2n) is 5.76. The van der Waals surface area contributed by atoms with Crippen molar-refractivity contribution in [2.45, 2.75) is 19.8 Å². The fraction of sp³-hybridized carbons (Fsp3) is 0.158. The molecule has 4 aromatic rings. The monoisotopic (exact) mass is 274 g/mol. The van der Waals surface area contributed by atoms with Gasteiger partial charge >= 0.3 is 0 Å². The van der Waals surface area contributed by atoms with Crippen molar-refractivity contribution < 1.29 is 8.83 Å². The Balaban J connectivity index is 1.94. The molecule has 0 N–H and O–H groups in total. The van der Waals surface area contributed by atoms with Gasteiger partial charge in [0.1, 0.15) is 22.7 Å². The summed E-state index contributed by atoms with van der Waals surface area (Å²) in [6.07, 6.45) is 1.93. The van der Waals surface area contributed by atoms with Crippen LogP contribution >= 0.6 is 0 Å². The van der Waals surface area contributed by atoms with Gasteiger partial charge in [-0.05, 0) is 25.0 Å². The molecule has 0 bridgehead atoms. The molecule has 21 heavy (non-hydrogen) atoms. The smallest absolute Gasteiger partial charge is 0.142 e. The maximum absolute atomic E-state index is 6.16. The van der Waals surface area contributed by atoms with E-state index in [0.717, 1.165) is 41.1 Å². The average Bonchev–Trinajstić information content (AvgIpc) is 3.05. The van der Waals surface area contributed by atoms with Crippen molar-refractivity contribution in [3.63, 3.8) is 0 Å². The van der Waals surface area contributed by atoms with Gasteiger partial charge in [0.25, 0.3) is 0 Å². The Hall–Kier alpha value is -2.48. The summed E-state index contributed by atoms with van der Waals surface area (Å²) >= 11 is 0. The van der Waals surface area contributed by atoms with E-state index in [1.807, 2.05) is 12.1 Å². The van der Waals surface area contributed by atoms with Crippen LogP contribution in [0.2, 0.25) is 0 Å². The van der Waals surface area contributed by atoms with Crippen LogP contribution in [0.3, 0.4) is 0 Å². The number of para-hydroxylation sites is 2. The molecule has 0 radical (unpaired) electrons.